The summed E-state index contributed by atoms with van der Waals surface area (Å²) < 4.78 is 5.04. The van der Waals surface area contributed by atoms with Crippen molar-refractivity contribution in [3.8, 4) is 0 Å². The van der Waals surface area contributed by atoms with Crippen molar-refractivity contribution < 1.29 is 19.1 Å². The first-order valence-electron chi connectivity index (χ1n) is 7.48. The molecule has 0 spiro atoms. The number of rotatable bonds is 3. The van der Waals surface area contributed by atoms with E-state index < -0.39 is 5.97 Å². The number of esters is 1. The summed E-state index contributed by atoms with van der Waals surface area (Å²) in [4.78, 5) is 36.9. The fourth-order valence-corrected chi connectivity index (χ4v) is 2.85. The molecule has 2 heterocycles. The molecule has 120 valence electrons. The molecule has 1 aromatic rings. The lowest BCUT2D eigenvalue weighted by Crippen LogP contribution is -2.39. The molecule has 23 heavy (non-hydrogen) atoms. The van der Waals surface area contributed by atoms with E-state index in [1.165, 1.54) is 0 Å². The monoisotopic (exact) mass is 315 g/mol. The van der Waals surface area contributed by atoms with Gasteiger partial charge in [-0.3, -0.25) is 9.59 Å². The number of nitrogens with one attached hydrogen (secondary N) is 1. The van der Waals surface area contributed by atoms with Gasteiger partial charge < -0.3 is 9.64 Å². The van der Waals surface area contributed by atoms with E-state index >= 15 is 0 Å². The van der Waals surface area contributed by atoms with E-state index in [2.05, 4.69) is 10.5 Å². The minimum Gasteiger partial charge on any atom is -0.451 e. The van der Waals surface area contributed by atoms with Crippen molar-refractivity contribution in [1.29, 1.82) is 0 Å². The van der Waals surface area contributed by atoms with E-state index in [1.54, 1.807) is 4.90 Å². The van der Waals surface area contributed by atoms with Crippen LogP contribution in [0, 0.1) is 0 Å². The number of nitrogens with zero attached hydrogens (tertiary/aromatic N) is 2. The lowest BCUT2D eigenvalue weighted by atomic mass is 10.1. The molecule has 0 bridgehead atoms. The first kappa shape index (κ1) is 15.2. The first-order chi connectivity index (χ1) is 11.1. The largest absolute Gasteiger partial charge is 0.451 e. The maximum Gasteiger partial charge on any atom is 0.355 e. The highest BCUT2D eigenvalue weighted by atomic mass is 16.5. The molecule has 2 aliphatic heterocycles. The summed E-state index contributed by atoms with van der Waals surface area (Å²) in [6.07, 6.45) is 1.20. The molecule has 7 nitrogen and oxygen atoms in total. The number of para-hydroxylation sites is 1. The van der Waals surface area contributed by atoms with Crippen molar-refractivity contribution in [2.24, 2.45) is 5.10 Å². The first-order valence-corrected chi connectivity index (χ1v) is 7.48. The van der Waals surface area contributed by atoms with Gasteiger partial charge in [-0.15, -0.1) is 0 Å². The van der Waals surface area contributed by atoms with Crippen LogP contribution in [0.15, 0.2) is 29.4 Å². The number of fused-ring (bicyclic) bond motifs is 1. The summed E-state index contributed by atoms with van der Waals surface area (Å²) in [5, 5.41) is 3.65. The predicted molar refractivity (Wildman–Crippen MR) is 82.9 cm³/mol. The molecule has 0 radical (unpaired) electrons. The number of carbonyl (C=O) groups excluding carboxylic acids is 3. The molecule has 1 aromatic carbocycles. The molecule has 2 amide bonds. The van der Waals surface area contributed by atoms with Crippen LogP contribution in [0.25, 0.3) is 0 Å². The fourth-order valence-electron chi connectivity index (χ4n) is 2.85. The fraction of sp³-hybridized carbons (Fsp3) is 0.375. The molecule has 0 fully saturated rings. The maximum atomic E-state index is 12.4. The number of amides is 2. The topological polar surface area (TPSA) is 88.1 Å². The number of carbonyl (C=O) groups is 3. The van der Waals surface area contributed by atoms with Crippen LogP contribution in [0.3, 0.4) is 0 Å². The number of benzene rings is 1. The quantitative estimate of drug-likeness (QED) is 0.835. The normalized spacial score (nSPS) is 19.7. The third-order valence-electron chi connectivity index (χ3n) is 3.94. The Morgan fingerprint density at radius 2 is 2.13 bits per heavy atom. The van der Waals surface area contributed by atoms with Gasteiger partial charge in [-0.05, 0) is 25.0 Å². The van der Waals surface area contributed by atoms with Crippen molar-refractivity contribution in [2.45, 2.75) is 32.2 Å². The van der Waals surface area contributed by atoms with Crippen LogP contribution >= 0.6 is 0 Å². The lowest BCUT2D eigenvalue weighted by Gasteiger charge is -2.22. The van der Waals surface area contributed by atoms with E-state index in [1.807, 2.05) is 31.2 Å². The molecule has 0 saturated heterocycles. The molecule has 0 saturated carbocycles. The summed E-state index contributed by atoms with van der Waals surface area (Å²) in [5.74, 6) is -1.17. The Hall–Kier alpha value is -2.70. The predicted octanol–water partition coefficient (Wildman–Crippen LogP) is 0.773. The molecule has 1 N–H and O–H groups in total. The van der Waals surface area contributed by atoms with Gasteiger partial charge in [-0.25, -0.2) is 10.2 Å². The van der Waals surface area contributed by atoms with E-state index in [4.69, 9.17) is 4.74 Å². The third-order valence-corrected chi connectivity index (χ3v) is 3.94. The number of hydrogen-bond acceptors (Lipinski definition) is 5. The molecule has 0 aromatic heterocycles. The van der Waals surface area contributed by atoms with Crippen LogP contribution in [-0.2, 0) is 25.5 Å². The van der Waals surface area contributed by atoms with Gasteiger partial charge in [0.15, 0.2) is 6.61 Å². The van der Waals surface area contributed by atoms with Crippen LogP contribution in [-0.4, -0.2) is 36.1 Å². The van der Waals surface area contributed by atoms with E-state index in [0.717, 1.165) is 17.7 Å². The van der Waals surface area contributed by atoms with E-state index in [9.17, 15) is 14.4 Å². The van der Waals surface area contributed by atoms with Crippen molar-refractivity contribution in [3.63, 3.8) is 0 Å². The van der Waals surface area contributed by atoms with E-state index in [0.29, 0.717) is 0 Å². The Balaban J connectivity index is 1.62. The van der Waals surface area contributed by atoms with Gasteiger partial charge in [0.1, 0.15) is 5.71 Å². The number of hydrazone groups is 1. The minimum atomic E-state index is -0.668. The van der Waals surface area contributed by atoms with Crippen LogP contribution in [0.5, 0.6) is 0 Å². The molecule has 1 atom stereocenters. The minimum absolute atomic E-state index is 0.0323. The second-order valence-corrected chi connectivity index (χ2v) is 5.62. The maximum absolute atomic E-state index is 12.4. The summed E-state index contributed by atoms with van der Waals surface area (Å²) in [7, 11) is 0. The second-order valence-electron chi connectivity index (χ2n) is 5.62. The van der Waals surface area contributed by atoms with Crippen LogP contribution in [0.2, 0.25) is 0 Å². The average molecular weight is 315 g/mol. The highest BCUT2D eigenvalue weighted by molar-refractivity contribution is 6.37. The number of anilines is 1. The van der Waals surface area contributed by atoms with Crippen LogP contribution in [0.1, 0.15) is 25.3 Å². The Kier molecular flexibility index (Phi) is 4.10. The SMILES string of the molecule is C[C@@H]1Cc2ccccc2N1C(=O)COC(=O)C1=NNC(=O)CC1. The van der Waals surface area contributed by atoms with Gasteiger partial charge >= 0.3 is 5.97 Å². The van der Waals surface area contributed by atoms with Gasteiger partial charge in [0.2, 0.25) is 5.91 Å². The van der Waals surface area contributed by atoms with Crippen molar-refractivity contribution >= 4 is 29.2 Å². The highest BCUT2D eigenvalue weighted by Crippen LogP contribution is 2.31. The molecule has 0 aliphatic carbocycles. The molecular formula is C16H17N3O4. The zero-order chi connectivity index (χ0) is 16.4. The zero-order valence-corrected chi connectivity index (χ0v) is 12.7. The van der Waals surface area contributed by atoms with Gasteiger partial charge in [-0.2, -0.15) is 5.10 Å². The molecular weight excluding hydrogens is 298 g/mol. The van der Waals surface area contributed by atoms with Crippen molar-refractivity contribution in [1.82, 2.24) is 5.43 Å². The smallest absolute Gasteiger partial charge is 0.355 e. The number of ether oxygens (including phenoxy) is 1. The number of hydrogen-bond donors (Lipinski definition) is 1. The van der Waals surface area contributed by atoms with Gasteiger partial charge in [0.05, 0.1) is 0 Å². The molecule has 2 aliphatic rings. The highest BCUT2D eigenvalue weighted by Gasteiger charge is 2.31. The van der Waals surface area contributed by atoms with Crippen LogP contribution in [0.4, 0.5) is 5.69 Å². The van der Waals surface area contributed by atoms with Crippen molar-refractivity contribution in [2.75, 3.05) is 11.5 Å². The molecule has 0 unspecified atom stereocenters. The van der Waals surface area contributed by atoms with Gasteiger partial charge in [-0.1, -0.05) is 18.2 Å². The lowest BCUT2D eigenvalue weighted by molar-refractivity contribution is -0.141. The van der Waals surface area contributed by atoms with E-state index in [-0.39, 0.29) is 43.0 Å². The Morgan fingerprint density at radius 3 is 2.87 bits per heavy atom. The summed E-state index contributed by atoms with van der Waals surface area (Å²) >= 11 is 0. The Bertz CT molecular complexity index is 698. The summed E-state index contributed by atoms with van der Waals surface area (Å²) in [5.41, 5.74) is 4.33. The molecule has 3 rings (SSSR count). The molecule has 7 heteroatoms. The Morgan fingerprint density at radius 1 is 1.35 bits per heavy atom. The second kappa shape index (κ2) is 6.20. The summed E-state index contributed by atoms with van der Waals surface area (Å²) in [6, 6.07) is 7.73. The third kappa shape index (κ3) is 3.08. The van der Waals surface area contributed by atoms with Crippen LogP contribution < -0.4 is 10.3 Å². The van der Waals surface area contributed by atoms with Gasteiger partial charge in [0, 0.05) is 24.6 Å². The standard InChI is InChI=1S/C16H17N3O4/c1-10-8-11-4-2-3-5-13(11)19(10)15(21)9-23-16(22)12-6-7-14(20)18-17-12/h2-5,10H,6-9H2,1H3,(H,18,20)/t10-/m1/s1. The average Bonchev–Trinajstić information content (AvgIpc) is 2.88. The van der Waals surface area contributed by atoms with Gasteiger partial charge in [0.25, 0.3) is 5.91 Å². The van der Waals surface area contributed by atoms with Crippen molar-refractivity contribution in [3.05, 3.63) is 29.8 Å². The zero-order valence-electron chi connectivity index (χ0n) is 12.7. The summed E-state index contributed by atoms with van der Waals surface area (Å²) in [6.45, 7) is 1.62. The Labute approximate surface area is 133 Å².